The van der Waals surface area contributed by atoms with Gasteiger partial charge in [0.05, 0.1) is 16.6 Å². The van der Waals surface area contributed by atoms with Crippen LogP contribution in [0.4, 0.5) is 0 Å². The van der Waals surface area contributed by atoms with Crippen molar-refractivity contribution in [3.63, 3.8) is 0 Å². The van der Waals surface area contributed by atoms with Gasteiger partial charge in [-0.25, -0.2) is 15.0 Å². The Labute approximate surface area is 335 Å². The van der Waals surface area contributed by atoms with Crippen LogP contribution < -0.4 is 0 Å². The summed E-state index contributed by atoms with van der Waals surface area (Å²) in [7, 11) is 0. The second kappa shape index (κ2) is 14.0. The number of oxazole rings is 1. The zero-order chi connectivity index (χ0) is 38.4. The summed E-state index contributed by atoms with van der Waals surface area (Å²) < 4.78 is 8.35. The molecule has 3 heterocycles. The Bertz CT molecular complexity index is 3260. The zero-order valence-corrected chi connectivity index (χ0v) is 31.3. The predicted octanol–water partition coefficient (Wildman–Crippen LogP) is 13.7. The quantitative estimate of drug-likeness (QED) is 0.163. The van der Waals surface area contributed by atoms with E-state index < -0.39 is 0 Å². The van der Waals surface area contributed by atoms with Crippen LogP contribution in [0.2, 0.25) is 0 Å². The summed E-state index contributed by atoms with van der Waals surface area (Å²) in [4.78, 5) is 15.4. The summed E-state index contributed by atoms with van der Waals surface area (Å²) in [6.07, 6.45) is 0. The van der Waals surface area contributed by atoms with Gasteiger partial charge in [0.2, 0.25) is 5.89 Å². The van der Waals surface area contributed by atoms with Gasteiger partial charge >= 0.3 is 0 Å². The highest BCUT2D eigenvalue weighted by molar-refractivity contribution is 6.14. The Morgan fingerprint density at radius 1 is 0.379 bits per heavy atom. The molecule has 0 aliphatic rings. The largest absolute Gasteiger partial charge is 0.436 e. The Hall–Kier alpha value is -7.89. The van der Waals surface area contributed by atoms with Crippen LogP contribution in [0.3, 0.4) is 0 Å². The summed E-state index contributed by atoms with van der Waals surface area (Å²) in [5.41, 5.74) is 15.2. The highest BCUT2D eigenvalue weighted by Gasteiger charge is 2.21. The van der Waals surface area contributed by atoms with E-state index >= 15 is 0 Å². The smallest absolute Gasteiger partial charge is 0.227 e. The van der Waals surface area contributed by atoms with Crippen molar-refractivity contribution in [3.8, 4) is 73.2 Å². The summed E-state index contributed by atoms with van der Waals surface area (Å²) in [5, 5.41) is 2.16. The van der Waals surface area contributed by atoms with Gasteiger partial charge in [-0.05, 0) is 94.0 Å². The van der Waals surface area contributed by atoms with E-state index in [-0.39, 0.29) is 0 Å². The van der Waals surface area contributed by atoms with Crippen molar-refractivity contribution in [3.05, 3.63) is 206 Å². The molecule has 0 aliphatic heterocycles. The lowest BCUT2D eigenvalue weighted by Crippen LogP contribution is -1.99. The first kappa shape index (κ1) is 33.4. The van der Waals surface area contributed by atoms with E-state index in [9.17, 15) is 0 Å². The fourth-order valence-corrected chi connectivity index (χ4v) is 8.05. The standard InChI is InChI=1S/C53H34N4O/c1-3-15-35(16-4-1)50-49-45-27-7-9-29-47(45)57(44-25-5-2-6-26-44)52(49)56-51(55-50)42-23-13-21-40(33-42)38-19-11-17-36(31-38)37-18-12-20-39(32-37)41-22-14-24-43(34-41)53-54-46-28-8-10-30-48(46)58-53/h1-34H. The molecule has 0 fully saturated rings. The molecule has 0 unspecified atom stereocenters. The summed E-state index contributed by atoms with van der Waals surface area (Å²) in [6, 6.07) is 71.7. The van der Waals surface area contributed by atoms with Crippen LogP contribution in [0.25, 0.3) is 106 Å². The second-order valence-corrected chi connectivity index (χ2v) is 14.5. The number of rotatable bonds is 7. The van der Waals surface area contributed by atoms with E-state index in [1.54, 1.807) is 0 Å². The molecule has 11 rings (SSSR count). The molecule has 11 aromatic rings. The minimum atomic E-state index is 0.620. The highest BCUT2D eigenvalue weighted by Crippen LogP contribution is 2.39. The van der Waals surface area contributed by atoms with Gasteiger partial charge < -0.3 is 4.42 Å². The van der Waals surface area contributed by atoms with Gasteiger partial charge in [-0.3, -0.25) is 4.57 Å². The lowest BCUT2D eigenvalue weighted by atomic mass is 9.95. The summed E-state index contributed by atoms with van der Waals surface area (Å²) >= 11 is 0. The van der Waals surface area contributed by atoms with Gasteiger partial charge in [0.15, 0.2) is 11.4 Å². The molecule has 8 aromatic carbocycles. The zero-order valence-electron chi connectivity index (χ0n) is 31.3. The molecule has 0 bridgehead atoms. The molecule has 0 spiro atoms. The van der Waals surface area contributed by atoms with Crippen LogP contribution in [0.1, 0.15) is 0 Å². The normalized spacial score (nSPS) is 11.4. The molecular formula is C53H34N4O. The first-order valence-electron chi connectivity index (χ1n) is 19.4. The first-order chi connectivity index (χ1) is 28.7. The first-order valence-corrected chi connectivity index (χ1v) is 19.4. The van der Waals surface area contributed by atoms with Crippen molar-refractivity contribution >= 4 is 33.0 Å². The van der Waals surface area contributed by atoms with Gasteiger partial charge in [-0.15, -0.1) is 0 Å². The molecule has 0 saturated carbocycles. The van der Waals surface area contributed by atoms with Gasteiger partial charge in [-0.2, -0.15) is 0 Å². The van der Waals surface area contributed by atoms with Crippen LogP contribution in [0, 0.1) is 0 Å². The number of para-hydroxylation sites is 4. The maximum absolute atomic E-state index is 6.09. The Kier molecular flexibility index (Phi) is 8.07. The minimum Gasteiger partial charge on any atom is -0.436 e. The molecule has 5 heteroatoms. The Morgan fingerprint density at radius 2 is 0.879 bits per heavy atom. The topological polar surface area (TPSA) is 56.7 Å². The summed E-state index contributed by atoms with van der Waals surface area (Å²) in [6.45, 7) is 0. The fourth-order valence-electron chi connectivity index (χ4n) is 8.05. The van der Waals surface area contributed by atoms with Gasteiger partial charge in [0.1, 0.15) is 11.2 Å². The SMILES string of the molecule is c1ccc(-c2nc(-c3cccc(-c4cccc(-c5cccc(-c6cccc(-c7nc8ccccc8o7)c6)c5)c4)c3)nc3c2c2ccccc2n3-c2ccccc2)cc1. The fraction of sp³-hybridized carbons (Fsp3) is 0. The van der Waals surface area contributed by atoms with Crippen molar-refractivity contribution < 1.29 is 4.42 Å². The number of fused-ring (bicyclic) bond motifs is 4. The molecule has 0 aliphatic carbocycles. The molecule has 0 amide bonds. The second-order valence-electron chi connectivity index (χ2n) is 14.5. The summed E-state index contributed by atoms with van der Waals surface area (Å²) in [5.74, 6) is 1.30. The average Bonchev–Trinajstić information content (AvgIpc) is 3.89. The van der Waals surface area contributed by atoms with Crippen molar-refractivity contribution in [2.45, 2.75) is 0 Å². The van der Waals surface area contributed by atoms with E-state index in [0.29, 0.717) is 11.7 Å². The molecule has 5 nitrogen and oxygen atoms in total. The molecular weight excluding hydrogens is 709 g/mol. The third kappa shape index (κ3) is 5.94. The molecule has 3 aromatic heterocycles. The van der Waals surface area contributed by atoms with Crippen LogP contribution >= 0.6 is 0 Å². The number of benzene rings is 8. The monoisotopic (exact) mass is 742 g/mol. The molecule has 0 N–H and O–H groups in total. The number of hydrogen-bond acceptors (Lipinski definition) is 4. The lowest BCUT2D eigenvalue weighted by molar-refractivity contribution is 0.620. The Morgan fingerprint density at radius 3 is 1.53 bits per heavy atom. The van der Waals surface area contributed by atoms with E-state index in [0.717, 1.165) is 94.5 Å². The Balaban J connectivity index is 0.984. The van der Waals surface area contributed by atoms with Crippen LogP contribution in [-0.4, -0.2) is 19.5 Å². The minimum absolute atomic E-state index is 0.620. The third-order valence-corrected chi connectivity index (χ3v) is 10.8. The highest BCUT2D eigenvalue weighted by atomic mass is 16.3. The number of nitrogens with zero attached hydrogens (tertiary/aromatic N) is 4. The average molecular weight is 743 g/mol. The molecule has 0 atom stereocenters. The van der Waals surface area contributed by atoms with E-state index in [4.69, 9.17) is 19.4 Å². The van der Waals surface area contributed by atoms with Crippen molar-refractivity contribution in [2.24, 2.45) is 0 Å². The van der Waals surface area contributed by atoms with Gasteiger partial charge in [-0.1, -0.05) is 146 Å². The molecule has 272 valence electrons. The van der Waals surface area contributed by atoms with Crippen molar-refractivity contribution in [1.29, 1.82) is 0 Å². The van der Waals surface area contributed by atoms with E-state index in [1.807, 2.05) is 42.5 Å². The van der Waals surface area contributed by atoms with E-state index in [2.05, 4.69) is 168 Å². The maximum Gasteiger partial charge on any atom is 0.227 e. The number of aromatic nitrogens is 4. The molecule has 0 radical (unpaired) electrons. The van der Waals surface area contributed by atoms with Crippen molar-refractivity contribution in [2.75, 3.05) is 0 Å². The van der Waals surface area contributed by atoms with Crippen LogP contribution in [0.15, 0.2) is 211 Å². The maximum atomic E-state index is 6.09. The third-order valence-electron chi connectivity index (χ3n) is 10.8. The van der Waals surface area contributed by atoms with Gasteiger partial charge in [0, 0.05) is 27.8 Å². The molecule has 0 saturated heterocycles. The van der Waals surface area contributed by atoms with Crippen LogP contribution in [-0.2, 0) is 0 Å². The molecule has 58 heavy (non-hydrogen) atoms. The van der Waals surface area contributed by atoms with Crippen LogP contribution in [0.5, 0.6) is 0 Å². The van der Waals surface area contributed by atoms with Crippen molar-refractivity contribution in [1.82, 2.24) is 19.5 Å². The van der Waals surface area contributed by atoms with Gasteiger partial charge in [0.25, 0.3) is 0 Å². The van der Waals surface area contributed by atoms with E-state index in [1.165, 1.54) is 0 Å². The lowest BCUT2D eigenvalue weighted by Gasteiger charge is -2.12. The number of hydrogen-bond donors (Lipinski definition) is 0. The predicted molar refractivity (Wildman–Crippen MR) is 237 cm³/mol.